The minimum Gasteiger partial charge on any atom is -0.457 e. The van der Waals surface area contributed by atoms with E-state index in [1.54, 1.807) is 54.6 Å². The number of carbonyl (C=O) groups excluding carboxylic acids is 2. The van der Waals surface area contributed by atoms with Gasteiger partial charge in [0.1, 0.15) is 17.2 Å². The molecule has 3 rings (SSSR count). The number of benzene rings is 2. The smallest absolute Gasteiger partial charge is 0.269 e. The maximum Gasteiger partial charge on any atom is 0.269 e. The molecule has 0 aliphatic rings. The lowest BCUT2D eigenvalue weighted by atomic mass is 10.1. The fourth-order valence-electron chi connectivity index (χ4n) is 2.45. The Morgan fingerprint density at radius 2 is 1.76 bits per heavy atom. The molecule has 0 aliphatic heterocycles. The van der Waals surface area contributed by atoms with Gasteiger partial charge in [-0.2, -0.15) is 0 Å². The number of aromatic nitrogens is 1. The first kappa shape index (κ1) is 20.6. The molecular weight excluding hydrogens is 411 g/mol. The second kappa shape index (κ2) is 9.37. The predicted molar refractivity (Wildman–Crippen MR) is 114 cm³/mol. The SMILES string of the molecule is CNC(=O)c1cc(Oc2ccc(C(=O)/C=C/c3ccc(Cl)cc3Cl)cc2)ccn1. The number of ether oxygens (including phenoxy) is 1. The largest absolute Gasteiger partial charge is 0.457 e. The number of pyridine rings is 1. The van der Waals surface area contributed by atoms with Crippen molar-refractivity contribution in [3.05, 3.63) is 93.7 Å². The molecule has 5 nitrogen and oxygen atoms in total. The van der Waals surface area contributed by atoms with Gasteiger partial charge >= 0.3 is 0 Å². The molecular formula is C22H16Cl2N2O3. The van der Waals surface area contributed by atoms with Gasteiger partial charge in [0.25, 0.3) is 5.91 Å². The Morgan fingerprint density at radius 3 is 2.45 bits per heavy atom. The molecule has 7 heteroatoms. The second-order valence-corrected chi connectivity index (χ2v) is 6.79. The van der Waals surface area contributed by atoms with E-state index in [1.807, 2.05) is 0 Å². The van der Waals surface area contributed by atoms with Crippen LogP contribution in [-0.4, -0.2) is 23.7 Å². The van der Waals surface area contributed by atoms with E-state index in [2.05, 4.69) is 10.3 Å². The summed E-state index contributed by atoms with van der Waals surface area (Å²) in [7, 11) is 1.53. The molecule has 0 saturated carbocycles. The van der Waals surface area contributed by atoms with Crippen molar-refractivity contribution in [1.29, 1.82) is 0 Å². The molecule has 2 aromatic carbocycles. The third-order valence-electron chi connectivity index (χ3n) is 3.94. The van der Waals surface area contributed by atoms with Crippen molar-refractivity contribution in [2.45, 2.75) is 0 Å². The van der Waals surface area contributed by atoms with Crippen LogP contribution < -0.4 is 10.1 Å². The number of allylic oxidation sites excluding steroid dienone is 1. The number of ketones is 1. The minimum absolute atomic E-state index is 0.173. The Kier molecular flexibility index (Phi) is 6.65. The highest BCUT2D eigenvalue weighted by Gasteiger charge is 2.08. The van der Waals surface area contributed by atoms with E-state index >= 15 is 0 Å². The molecule has 1 heterocycles. The molecule has 0 fully saturated rings. The van der Waals surface area contributed by atoms with Crippen molar-refractivity contribution in [3.63, 3.8) is 0 Å². The van der Waals surface area contributed by atoms with Crippen molar-refractivity contribution in [2.75, 3.05) is 7.05 Å². The van der Waals surface area contributed by atoms with E-state index in [9.17, 15) is 9.59 Å². The number of amides is 1. The van der Waals surface area contributed by atoms with E-state index in [4.69, 9.17) is 27.9 Å². The van der Waals surface area contributed by atoms with Gasteiger partial charge in [-0.1, -0.05) is 29.3 Å². The minimum atomic E-state index is -0.302. The first-order valence-corrected chi connectivity index (χ1v) is 9.35. The zero-order chi connectivity index (χ0) is 20.8. The molecule has 1 amide bonds. The average Bonchev–Trinajstić information content (AvgIpc) is 2.73. The molecule has 0 radical (unpaired) electrons. The summed E-state index contributed by atoms with van der Waals surface area (Å²) in [5, 5.41) is 3.51. The normalized spacial score (nSPS) is 10.7. The lowest BCUT2D eigenvalue weighted by Crippen LogP contribution is -2.18. The molecule has 3 aromatic rings. The summed E-state index contributed by atoms with van der Waals surface area (Å²) in [4.78, 5) is 28.0. The second-order valence-electron chi connectivity index (χ2n) is 5.95. The summed E-state index contributed by atoms with van der Waals surface area (Å²) in [5.74, 6) is 0.521. The molecule has 1 aromatic heterocycles. The van der Waals surface area contributed by atoms with Gasteiger partial charge in [0.05, 0.1) is 0 Å². The monoisotopic (exact) mass is 426 g/mol. The van der Waals surface area contributed by atoms with Gasteiger partial charge in [-0.05, 0) is 60.2 Å². The molecule has 146 valence electrons. The lowest BCUT2D eigenvalue weighted by molar-refractivity contribution is 0.0957. The molecule has 0 unspecified atom stereocenters. The summed E-state index contributed by atoms with van der Waals surface area (Å²) >= 11 is 12.0. The average molecular weight is 427 g/mol. The van der Waals surface area contributed by atoms with Crippen molar-refractivity contribution < 1.29 is 14.3 Å². The Hall–Kier alpha value is -3.15. The Morgan fingerprint density at radius 1 is 1.00 bits per heavy atom. The molecule has 1 N–H and O–H groups in total. The van der Waals surface area contributed by atoms with E-state index in [0.29, 0.717) is 32.7 Å². The molecule has 29 heavy (non-hydrogen) atoms. The standard InChI is InChI=1S/C22H16Cl2N2O3/c1-25-22(28)20-13-18(10-11-26-20)29-17-7-3-15(4-8-17)21(27)9-5-14-2-6-16(23)12-19(14)24/h2-13H,1H3,(H,25,28)/b9-5+. The molecule has 0 saturated heterocycles. The number of hydrogen-bond acceptors (Lipinski definition) is 4. The highest BCUT2D eigenvalue weighted by Crippen LogP contribution is 2.24. The molecule has 0 atom stereocenters. The van der Waals surface area contributed by atoms with Crippen LogP contribution in [-0.2, 0) is 0 Å². The number of halogens is 2. The van der Waals surface area contributed by atoms with Crippen molar-refractivity contribution in [3.8, 4) is 11.5 Å². The zero-order valence-corrected chi connectivity index (χ0v) is 16.9. The number of rotatable bonds is 6. The number of carbonyl (C=O) groups is 2. The van der Waals surface area contributed by atoms with Crippen LogP contribution in [0.3, 0.4) is 0 Å². The maximum atomic E-state index is 12.4. The van der Waals surface area contributed by atoms with Gasteiger partial charge in [-0.15, -0.1) is 0 Å². The third kappa shape index (κ3) is 5.44. The Bertz CT molecular complexity index is 1080. The lowest BCUT2D eigenvalue weighted by Gasteiger charge is -2.07. The molecule has 0 bridgehead atoms. The first-order chi connectivity index (χ1) is 14.0. The number of nitrogens with zero attached hydrogens (tertiary/aromatic N) is 1. The number of hydrogen-bond donors (Lipinski definition) is 1. The quantitative estimate of drug-likeness (QED) is 0.421. The summed E-state index contributed by atoms with van der Waals surface area (Å²) in [6.07, 6.45) is 4.58. The zero-order valence-electron chi connectivity index (χ0n) is 15.4. The van der Waals surface area contributed by atoms with Crippen molar-refractivity contribution in [2.24, 2.45) is 0 Å². The predicted octanol–water partition coefficient (Wildman–Crippen LogP) is 5.44. The summed E-state index contributed by atoms with van der Waals surface area (Å²) < 4.78 is 5.73. The van der Waals surface area contributed by atoms with Crippen LogP contribution in [0.15, 0.2) is 66.9 Å². The van der Waals surface area contributed by atoms with Gasteiger partial charge in [0.15, 0.2) is 5.78 Å². The third-order valence-corrected chi connectivity index (χ3v) is 4.50. The van der Waals surface area contributed by atoms with Crippen LogP contribution in [0, 0.1) is 0 Å². The summed E-state index contributed by atoms with van der Waals surface area (Å²) in [5.41, 5.74) is 1.45. The van der Waals surface area contributed by atoms with E-state index in [1.165, 1.54) is 25.4 Å². The highest BCUT2D eigenvalue weighted by molar-refractivity contribution is 6.35. The highest BCUT2D eigenvalue weighted by atomic mass is 35.5. The fraction of sp³-hybridized carbons (Fsp3) is 0.0455. The van der Waals surface area contributed by atoms with Crippen LogP contribution in [0.2, 0.25) is 10.0 Å². The summed E-state index contributed by atoms with van der Waals surface area (Å²) in [6.45, 7) is 0. The van der Waals surface area contributed by atoms with Crippen LogP contribution in [0.4, 0.5) is 0 Å². The molecule has 0 aliphatic carbocycles. The van der Waals surface area contributed by atoms with Crippen LogP contribution in [0.1, 0.15) is 26.4 Å². The van der Waals surface area contributed by atoms with Gasteiger partial charge < -0.3 is 10.1 Å². The Labute approximate surface area is 177 Å². The van der Waals surface area contributed by atoms with Crippen LogP contribution in [0.5, 0.6) is 11.5 Å². The maximum absolute atomic E-state index is 12.4. The van der Waals surface area contributed by atoms with Crippen LogP contribution >= 0.6 is 23.2 Å². The van der Waals surface area contributed by atoms with Gasteiger partial charge in [0.2, 0.25) is 0 Å². The van der Waals surface area contributed by atoms with Crippen molar-refractivity contribution in [1.82, 2.24) is 10.3 Å². The van der Waals surface area contributed by atoms with Gasteiger partial charge in [-0.3, -0.25) is 14.6 Å². The van der Waals surface area contributed by atoms with Crippen LogP contribution in [0.25, 0.3) is 6.08 Å². The summed E-state index contributed by atoms with van der Waals surface area (Å²) in [6, 6.07) is 14.9. The van der Waals surface area contributed by atoms with E-state index < -0.39 is 0 Å². The van der Waals surface area contributed by atoms with Gasteiger partial charge in [-0.25, -0.2) is 0 Å². The Balaban J connectivity index is 1.69. The van der Waals surface area contributed by atoms with E-state index in [0.717, 1.165) is 0 Å². The number of nitrogens with one attached hydrogen (secondary N) is 1. The fourth-order valence-corrected chi connectivity index (χ4v) is 2.92. The van der Waals surface area contributed by atoms with E-state index in [-0.39, 0.29) is 17.4 Å². The first-order valence-electron chi connectivity index (χ1n) is 8.60. The van der Waals surface area contributed by atoms with Crippen molar-refractivity contribution >= 4 is 41.0 Å². The van der Waals surface area contributed by atoms with Gasteiger partial charge in [0, 0.05) is 34.9 Å². The topological polar surface area (TPSA) is 68.3 Å². The molecule has 0 spiro atoms.